The molecule has 1 aliphatic heterocycles. The fourth-order valence-corrected chi connectivity index (χ4v) is 4.49. The van der Waals surface area contributed by atoms with E-state index >= 15 is 0 Å². The molecule has 1 aliphatic rings. The highest BCUT2D eigenvalue weighted by Crippen LogP contribution is 2.31. The van der Waals surface area contributed by atoms with Crippen LogP contribution in [0.25, 0.3) is 0 Å². The topological polar surface area (TPSA) is 46.2 Å². The van der Waals surface area contributed by atoms with Crippen molar-refractivity contribution in [1.82, 2.24) is 0 Å². The molecule has 5 atom stereocenters. The minimum atomic E-state index is -0.530. The van der Waals surface area contributed by atoms with Crippen molar-refractivity contribution in [2.24, 2.45) is 0 Å². The second-order valence-electron chi connectivity index (χ2n) is 8.96. The summed E-state index contributed by atoms with van der Waals surface area (Å²) < 4.78 is 31.3. The molecule has 0 radical (unpaired) electrons. The molecule has 1 heterocycles. The normalized spacial score (nSPS) is 23.2. The predicted octanol–water partition coefficient (Wildman–Crippen LogP) is 5.69. The minimum absolute atomic E-state index is 0.329. The Morgan fingerprint density at radius 2 is 1.22 bits per heavy atom. The second kappa shape index (κ2) is 14.4. The zero-order valence-electron chi connectivity index (χ0n) is 21.0. The first-order valence-corrected chi connectivity index (χ1v) is 12.6. The highest BCUT2D eigenvalue weighted by Gasteiger charge is 2.48. The Kier molecular flexibility index (Phi) is 10.4. The highest BCUT2D eigenvalue weighted by molar-refractivity contribution is 5.15. The maximum Gasteiger partial charge on any atom is 0.165 e. The van der Waals surface area contributed by atoms with Crippen molar-refractivity contribution in [3.05, 3.63) is 120 Å². The SMILES string of the molecule is C#CO[C@@H]1[C@@H](OCc2ccccc2)[C@H](OCc2ccccc2)[C@@H](COCc2ccccc2)O[C@H]1CC=C. The van der Waals surface area contributed by atoms with E-state index in [1.54, 1.807) is 6.08 Å². The van der Waals surface area contributed by atoms with E-state index in [0.29, 0.717) is 32.8 Å². The summed E-state index contributed by atoms with van der Waals surface area (Å²) in [6, 6.07) is 30.1. The van der Waals surface area contributed by atoms with E-state index in [0.717, 1.165) is 16.7 Å². The first-order valence-electron chi connectivity index (χ1n) is 12.6. The van der Waals surface area contributed by atoms with E-state index in [9.17, 15) is 0 Å². The van der Waals surface area contributed by atoms with Gasteiger partial charge in [0.05, 0.1) is 26.4 Å². The fraction of sp³-hybridized carbons (Fsp3) is 0.312. The van der Waals surface area contributed by atoms with Crippen LogP contribution in [-0.4, -0.2) is 37.1 Å². The molecular formula is C32H34O5. The average Bonchev–Trinajstić information content (AvgIpc) is 2.94. The van der Waals surface area contributed by atoms with Gasteiger partial charge in [0, 0.05) is 0 Å². The third kappa shape index (κ3) is 7.79. The summed E-state index contributed by atoms with van der Waals surface area (Å²) in [6.45, 7) is 5.48. The van der Waals surface area contributed by atoms with Crippen LogP contribution in [0.5, 0.6) is 0 Å². The van der Waals surface area contributed by atoms with Gasteiger partial charge in [0.1, 0.15) is 30.5 Å². The van der Waals surface area contributed by atoms with Crippen molar-refractivity contribution < 1.29 is 23.7 Å². The van der Waals surface area contributed by atoms with E-state index in [4.69, 9.17) is 30.1 Å². The number of hydrogen-bond donors (Lipinski definition) is 0. The number of benzene rings is 3. The maximum atomic E-state index is 6.49. The molecule has 0 bridgehead atoms. The molecule has 5 heteroatoms. The van der Waals surface area contributed by atoms with Crippen LogP contribution in [0, 0.1) is 12.5 Å². The molecule has 5 nitrogen and oxygen atoms in total. The molecule has 0 aromatic heterocycles. The van der Waals surface area contributed by atoms with Gasteiger partial charge >= 0.3 is 0 Å². The van der Waals surface area contributed by atoms with Crippen molar-refractivity contribution >= 4 is 0 Å². The number of ether oxygens (including phenoxy) is 5. The minimum Gasteiger partial charge on any atom is -0.438 e. The molecule has 3 aromatic rings. The molecule has 4 rings (SSSR count). The summed E-state index contributed by atoms with van der Waals surface area (Å²) in [5, 5.41) is 0. The monoisotopic (exact) mass is 498 g/mol. The fourth-order valence-electron chi connectivity index (χ4n) is 4.49. The van der Waals surface area contributed by atoms with E-state index in [2.05, 4.69) is 12.7 Å². The predicted molar refractivity (Wildman–Crippen MR) is 143 cm³/mol. The summed E-state index contributed by atoms with van der Waals surface area (Å²) in [6.07, 6.45) is 8.08. The molecule has 37 heavy (non-hydrogen) atoms. The molecular weight excluding hydrogens is 464 g/mol. The van der Waals surface area contributed by atoms with Gasteiger partial charge in [-0.05, 0) is 23.1 Å². The molecule has 192 valence electrons. The summed E-state index contributed by atoms with van der Waals surface area (Å²) in [4.78, 5) is 0. The van der Waals surface area contributed by atoms with Crippen LogP contribution in [0.15, 0.2) is 104 Å². The van der Waals surface area contributed by atoms with Crippen molar-refractivity contribution in [1.29, 1.82) is 0 Å². The zero-order chi connectivity index (χ0) is 25.7. The van der Waals surface area contributed by atoms with E-state index in [1.165, 1.54) is 0 Å². The van der Waals surface area contributed by atoms with Crippen LogP contribution in [0.3, 0.4) is 0 Å². The number of terminal acetylenes is 1. The van der Waals surface area contributed by atoms with Gasteiger partial charge in [-0.1, -0.05) is 103 Å². The third-order valence-electron chi connectivity index (χ3n) is 6.30. The lowest BCUT2D eigenvalue weighted by molar-refractivity contribution is -0.259. The summed E-state index contributed by atoms with van der Waals surface area (Å²) in [5.41, 5.74) is 3.19. The van der Waals surface area contributed by atoms with Crippen LogP contribution in [0.4, 0.5) is 0 Å². The first kappa shape index (κ1) is 26.7. The largest absolute Gasteiger partial charge is 0.438 e. The van der Waals surface area contributed by atoms with Crippen molar-refractivity contribution in [3.8, 4) is 12.5 Å². The molecule has 0 unspecified atom stereocenters. The quantitative estimate of drug-likeness (QED) is 0.224. The summed E-state index contributed by atoms with van der Waals surface area (Å²) in [5.74, 6) is 0. The Labute approximate surface area is 220 Å². The van der Waals surface area contributed by atoms with Crippen molar-refractivity contribution in [3.63, 3.8) is 0 Å². The molecule has 0 amide bonds. The van der Waals surface area contributed by atoms with Gasteiger partial charge in [0.15, 0.2) is 6.10 Å². The van der Waals surface area contributed by atoms with Crippen LogP contribution in [0.1, 0.15) is 23.1 Å². The maximum absolute atomic E-state index is 6.49. The van der Waals surface area contributed by atoms with Gasteiger partial charge < -0.3 is 23.7 Å². The third-order valence-corrected chi connectivity index (χ3v) is 6.30. The van der Waals surface area contributed by atoms with Crippen LogP contribution >= 0.6 is 0 Å². The van der Waals surface area contributed by atoms with E-state index < -0.39 is 24.4 Å². The smallest absolute Gasteiger partial charge is 0.165 e. The average molecular weight is 499 g/mol. The van der Waals surface area contributed by atoms with Crippen LogP contribution in [-0.2, 0) is 43.5 Å². The molecule has 0 spiro atoms. The van der Waals surface area contributed by atoms with Crippen molar-refractivity contribution in [2.75, 3.05) is 6.61 Å². The molecule has 1 saturated heterocycles. The lowest BCUT2D eigenvalue weighted by Crippen LogP contribution is -2.60. The molecule has 0 saturated carbocycles. The Morgan fingerprint density at radius 1 is 0.703 bits per heavy atom. The van der Waals surface area contributed by atoms with E-state index in [1.807, 2.05) is 91.0 Å². The Bertz CT molecular complexity index is 1100. The molecule has 1 fully saturated rings. The Balaban J connectivity index is 1.56. The molecule has 0 aliphatic carbocycles. The number of rotatable bonds is 13. The van der Waals surface area contributed by atoms with Crippen molar-refractivity contribution in [2.45, 2.75) is 56.8 Å². The van der Waals surface area contributed by atoms with Gasteiger partial charge in [0.2, 0.25) is 0 Å². The van der Waals surface area contributed by atoms with Gasteiger partial charge in [-0.2, -0.15) is 0 Å². The van der Waals surface area contributed by atoms with Gasteiger partial charge in [-0.15, -0.1) is 6.58 Å². The van der Waals surface area contributed by atoms with Gasteiger partial charge in [-0.3, -0.25) is 0 Å². The van der Waals surface area contributed by atoms with Gasteiger partial charge in [0.25, 0.3) is 0 Å². The second-order valence-corrected chi connectivity index (χ2v) is 8.96. The van der Waals surface area contributed by atoms with Crippen LogP contribution < -0.4 is 0 Å². The summed E-state index contributed by atoms with van der Waals surface area (Å²) >= 11 is 0. The highest BCUT2D eigenvalue weighted by atomic mass is 16.6. The van der Waals surface area contributed by atoms with Gasteiger partial charge in [-0.25, -0.2) is 0 Å². The van der Waals surface area contributed by atoms with Crippen LogP contribution in [0.2, 0.25) is 0 Å². The summed E-state index contributed by atoms with van der Waals surface area (Å²) in [7, 11) is 0. The first-order chi connectivity index (χ1) is 18.3. The lowest BCUT2D eigenvalue weighted by atomic mass is 9.92. The number of hydrogen-bond acceptors (Lipinski definition) is 5. The molecule has 3 aromatic carbocycles. The molecule has 0 N–H and O–H groups in total. The Morgan fingerprint density at radius 3 is 1.73 bits per heavy atom. The zero-order valence-corrected chi connectivity index (χ0v) is 21.0. The van der Waals surface area contributed by atoms with E-state index in [-0.39, 0.29) is 6.10 Å². The Hall–Kier alpha value is -3.40. The lowest BCUT2D eigenvalue weighted by Gasteiger charge is -2.45. The standard InChI is InChI=1S/C32H34O5/c1-3-14-28-30(34-4-2)32(36-23-27-19-12-7-13-20-27)31(35-22-26-17-10-6-11-18-26)29(37-28)24-33-21-25-15-8-5-9-16-25/h2-3,5-13,15-20,28-32H,1,14,21-24H2/t28-,29+,30-,31+,32+/m0/s1.